The quantitative estimate of drug-likeness (QED) is 0.669. The third-order valence-corrected chi connectivity index (χ3v) is 6.22. The molecule has 0 radical (unpaired) electrons. The number of anilines is 2. The summed E-state index contributed by atoms with van der Waals surface area (Å²) in [6.07, 6.45) is 0.395. The molecule has 1 aromatic heterocycles. The van der Waals surface area contributed by atoms with Crippen LogP contribution in [0.1, 0.15) is 54.0 Å². The van der Waals surface area contributed by atoms with Crippen molar-refractivity contribution in [1.82, 2.24) is 10.2 Å². The lowest BCUT2D eigenvalue weighted by Gasteiger charge is -2.18. The van der Waals surface area contributed by atoms with Crippen molar-refractivity contribution in [2.45, 2.75) is 38.5 Å². The SMILES string of the molecule is CC(C)(C)c1ccc(C(=O)Nc2nnc(C3CC(=O)N(c4ccccc4)C3)s2)cc1. The predicted octanol–water partition coefficient (Wildman–Crippen LogP) is 4.61. The van der Waals surface area contributed by atoms with Crippen molar-refractivity contribution in [3.8, 4) is 0 Å². The molecule has 7 heteroatoms. The van der Waals surface area contributed by atoms with Gasteiger partial charge in [0.25, 0.3) is 5.91 Å². The van der Waals surface area contributed by atoms with Gasteiger partial charge in [0.15, 0.2) is 0 Å². The van der Waals surface area contributed by atoms with E-state index in [1.54, 1.807) is 4.90 Å². The zero-order valence-corrected chi connectivity index (χ0v) is 18.1. The molecule has 0 aliphatic carbocycles. The van der Waals surface area contributed by atoms with Crippen LogP contribution in [0, 0.1) is 0 Å². The topological polar surface area (TPSA) is 75.2 Å². The summed E-state index contributed by atoms with van der Waals surface area (Å²) in [7, 11) is 0. The number of amides is 2. The summed E-state index contributed by atoms with van der Waals surface area (Å²) in [5, 5.41) is 12.4. The van der Waals surface area contributed by atoms with Crippen molar-refractivity contribution >= 4 is 34.0 Å². The zero-order valence-electron chi connectivity index (χ0n) is 17.3. The number of rotatable bonds is 4. The Morgan fingerprint density at radius 2 is 1.77 bits per heavy atom. The molecule has 6 nitrogen and oxygen atoms in total. The average molecular weight is 421 g/mol. The Balaban J connectivity index is 1.42. The minimum Gasteiger partial charge on any atom is -0.312 e. The van der Waals surface area contributed by atoms with Gasteiger partial charge in [-0.1, -0.05) is 62.4 Å². The van der Waals surface area contributed by atoms with E-state index in [9.17, 15) is 9.59 Å². The second-order valence-corrected chi connectivity index (χ2v) is 9.48. The number of carbonyl (C=O) groups is 2. The van der Waals surface area contributed by atoms with Crippen LogP contribution >= 0.6 is 11.3 Å². The van der Waals surface area contributed by atoms with Crippen LogP contribution in [0.3, 0.4) is 0 Å². The highest BCUT2D eigenvalue weighted by atomic mass is 32.1. The van der Waals surface area contributed by atoms with Gasteiger partial charge in [0, 0.05) is 30.1 Å². The summed E-state index contributed by atoms with van der Waals surface area (Å²) >= 11 is 1.33. The van der Waals surface area contributed by atoms with Gasteiger partial charge in [-0.2, -0.15) is 0 Å². The fourth-order valence-electron chi connectivity index (χ4n) is 3.47. The first-order valence-electron chi connectivity index (χ1n) is 9.92. The van der Waals surface area contributed by atoms with E-state index in [1.807, 2.05) is 54.6 Å². The molecular weight excluding hydrogens is 396 g/mol. The van der Waals surface area contributed by atoms with Gasteiger partial charge < -0.3 is 4.90 Å². The summed E-state index contributed by atoms with van der Waals surface area (Å²) in [4.78, 5) is 26.8. The lowest BCUT2D eigenvalue weighted by Crippen LogP contribution is -2.24. The van der Waals surface area contributed by atoms with Gasteiger partial charge in [0.2, 0.25) is 11.0 Å². The number of hydrogen-bond acceptors (Lipinski definition) is 5. The van der Waals surface area contributed by atoms with Crippen LogP contribution in [0.2, 0.25) is 0 Å². The zero-order chi connectivity index (χ0) is 21.3. The first kappa shape index (κ1) is 20.2. The van der Waals surface area contributed by atoms with E-state index in [0.29, 0.717) is 23.7 Å². The number of para-hydroxylation sites is 1. The molecule has 2 amide bonds. The van der Waals surface area contributed by atoms with E-state index in [-0.39, 0.29) is 23.1 Å². The summed E-state index contributed by atoms with van der Waals surface area (Å²) in [6, 6.07) is 17.2. The van der Waals surface area contributed by atoms with Crippen LogP contribution in [-0.4, -0.2) is 28.6 Å². The molecule has 4 rings (SSSR count). The molecule has 0 saturated carbocycles. The molecule has 1 aliphatic rings. The number of aromatic nitrogens is 2. The maximum Gasteiger partial charge on any atom is 0.257 e. The molecule has 30 heavy (non-hydrogen) atoms. The van der Waals surface area contributed by atoms with Gasteiger partial charge in [-0.05, 0) is 35.2 Å². The number of nitrogens with one attached hydrogen (secondary N) is 1. The highest BCUT2D eigenvalue weighted by Gasteiger charge is 2.33. The normalized spacial score (nSPS) is 16.7. The number of hydrogen-bond donors (Lipinski definition) is 1. The molecule has 0 bridgehead atoms. The van der Waals surface area contributed by atoms with Gasteiger partial charge in [-0.25, -0.2) is 0 Å². The first-order valence-corrected chi connectivity index (χ1v) is 10.7. The Bertz CT molecular complexity index is 1050. The Morgan fingerprint density at radius 3 is 2.43 bits per heavy atom. The maximum atomic E-state index is 12.6. The van der Waals surface area contributed by atoms with E-state index in [4.69, 9.17) is 0 Å². The van der Waals surface area contributed by atoms with Crippen LogP contribution in [0.25, 0.3) is 0 Å². The van der Waals surface area contributed by atoms with Gasteiger partial charge in [-0.15, -0.1) is 10.2 Å². The molecular formula is C23H24N4O2S. The number of carbonyl (C=O) groups excluding carboxylic acids is 2. The predicted molar refractivity (Wildman–Crippen MR) is 119 cm³/mol. The van der Waals surface area contributed by atoms with Crippen LogP contribution in [0.15, 0.2) is 54.6 Å². The second kappa shape index (κ2) is 7.99. The minimum absolute atomic E-state index is 0.0214. The largest absolute Gasteiger partial charge is 0.312 e. The first-order chi connectivity index (χ1) is 14.3. The standard InChI is InChI=1S/C23H24N4O2S/c1-23(2,3)17-11-9-15(10-12-17)20(29)24-22-26-25-21(30-22)16-13-19(28)27(14-16)18-7-5-4-6-8-18/h4-12,16H,13-14H2,1-3H3,(H,24,26,29). The molecule has 2 heterocycles. The molecule has 1 saturated heterocycles. The van der Waals surface area contributed by atoms with E-state index in [0.717, 1.165) is 10.7 Å². The van der Waals surface area contributed by atoms with Crippen molar-refractivity contribution in [1.29, 1.82) is 0 Å². The average Bonchev–Trinajstić information content (AvgIpc) is 3.34. The third-order valence-electron chi connectivity index (χ3n) is 5.22. The molecule has 0 spiro atoms. The third kappa shape index (κ3) is 4.26. The van der Waals surface area contributed by atoms with Crippen molar-refractivity contribution in [3.63, 3.8) is 0 Å². The molecule has 1 atom stereocenters. The molecule has 3 aromatic rings. The van der Waals surface area contributed by atoms with Crippen LogP contribution in [0.5, 0.6) is 0 Å². The summed E-state index contributed by atoms with van der Waals surface area (Å²) in [6.45, 7) is 6.98. The van der Waals surface area contributed by atoms with Crippen molar-refractivity contribution in [2.24, 2.45) is 0 Å². The second-order valence-electron chi connectivity index (χ2n) is 8.47. The molecule has 1 aliphatic heterocycles. The Labute approximate surface area is 180 Å². The minimum atomic E-state index is -0.216. The Hall–Kier alpha value is -3.06. The lowest BCUT2D eigenvalue weighted by molar-refractivity contribution is -0.117. The number of nitrogens with zero attached hydrogens (tertiary/aromatic N) is 3. The van der Waals surface area contributed by atoms with Gasteiger partial charge in [0.1, 0.15) is 5.01 Å². The molecule has 2 aromatic carbocycles. The van der Waals surface area contributed by atoms with Gasteiger partial charge in [0.05, 0.1) is 0 Å². The Kier molecular flexibility index (Phi) is 5.39. The molecule has 1 fully saturated rings. The van der Waals surface area contributed by atoms with E-state index in [2.05, 4.69) is 36.3 Å². The van der Waals surface area contributed by atoms with Crippen molar-refractivity contribution in [3.05, 3.63) is 70.7 Å². The van der Waals surface area contributed by atoms with Gasteiger partial charge in [-0.3, -0.25) is 14.9 Å². The van der Waals surface area contributed by atoms with Crippen molar-refractivity contribution < 1.29 is 9.59 Å². The van der Waals surface area contributed by atoms with E-state index >= 15 is 0 Å². The highest BCUT2D eigenvalue weighted by Crippen LogP contribution is 2.34. The highest BCUT2D eigenvalue weighted by molar-refractivity contribution is 7.15. The Morgan fingerprint density at radius 1 is 1.07 bits per heavy atom. The monoisotopic (exact) mass is 420 g/mol. The fourth-order valence-corrected chi connectivity index (χ4v) is 4.30. The number of benzene rings is 2. The smallest absolute Gasteiger partial charge is 0.257 e. The van der Waals surface area contributed by atoms with Crippen LogP contribution in [-0.2, 0) is 10.2 Å². The summed E-state index contributed by atoms with van der Waals surface area (Å²) < 4.78 is 0. The van der Waals surface area contributed by atoms with E-state index in [1.165, 1.54) is 16.9 Å². The summed E-state index contributed by atoms with van der Waals surface area (Å²) in [5.74, 6) is -0.163. The molecule has 154 valence electrons. The lowest BCUT2D eigenvalue weighted by atomic mass is 9.87. The fraction of sp³-hybridized carbons (Fsp3) is 0.304. The molecule has 1 unspecified atom stereocenters. The van der Waals surface area contributed by atoms with E-state index < -0.39 is 0 Å². The van der Waals surface area contributed by atoms with Gasteiger partial charge >= 0.3 is 0 Å². The molecule has 1 N–H and O–H groups in total. The maximum absolute atomic E-state index is 12.6. The van der Waals surface area contributed by atoms with Crippen LogP contribution in [0.4, 0.5) is 10.8 Å². The van der Waals surface area contributed by atoms with Crippen LogP contribution < -0.4 is 10.2 Å². The van der Waals surface area contributed by atoms with Crippen molar-refractivity contribution in [2.75, 3.05) is 16.8 Å². The summed E-state index contributed by atoms with van der Waals surface area (Å²) in [5.41, 5.74) is 2.68.